The second-order valence-corrected chi connectivity index (χ2v) is 4.48. The molecule has 1 heterocycles. The SMILES string of the molecule is Oc1ccc(-c2cn(-c3ccc(O)c(F)c3F)nn2)cc1O. The summed E-state index contributed by atoms with van der Waals surface area (Å²) < 4.78 is 28.1. The Kier molecular flexibility index (Phi) is 3.13. The van der Waals surface area contributed by atoms with E-state index in [0.717, 1.165) is 16.8 Å². The number of hydrogen-bond donors (Lipinski definition) is 3. The van der Waals surface area contributed by atoms with Gasteiger partial charge in [-0.25, -0.2) is 9.07 Å². The Bertz CT molecular complexity index is 865. The predicted octanol–water partition coefficient (Wildman–Crippen LogP) is 2.33. The highest BCUT2D eigenvalue weighted by Crippen LogP contribution is 2.30. The van der Waals surface area contributed by atoms with Crippen molar-refractivity contribution in [1.29, 1.82) is 0 Å². The molecule has 0 aliphatic heterocycles. The molecule has 3 rings (SSSR count). The molecule has 3 N–H and O–H groups in total. The highest BCUT2D eigenvalue weighted by atomic mass is 19.2. The highest BCUT2D eigenvalue weighted by molar-refractivity contribution is 5.62. The lowest BCUT2D eigenvalue weighted by Crippen LogP contribution is -2.00. The maximum Gasteiger partial charge on any atom is 0.202 e. The van der Waals surface area contributed by atoms with Gasteiger partial charge in [-0.3, -0.25) is 0 Å². The van der Waals surface area contributed by atoms with Gasteiger partial charge in [0.2, 0.25) is 5.82 Å². The minimum Gasteiger partial charge on any atom is -0.505 e. The molecule has 3 aromatic rings. The Labute approximate surface area is 122 Å². The molecule has 1 aromatic heterocycles. The summed E-state index contributed by atoms with van der Waals surface area (Å²) >= 11 is 0. The number of phenolic OH excluding ortho intramolecular Hbond substituents is 3. The van der Waals surface area contributed by atoms with Crippen LogP contribution in [-0.4, -0.2) is 30.3 Å². The molecule has 0 saturated heterocycles. The van der Waals surface area contributed by atoms with Crippen molar-refractivity contribution in [2.24, 2.45) is 0 Å². The number of halogens is 2. The van der Waals surface area contributed by atoms with Crippen molar-refractivity contribution in [2.45, 2.75) is 0 Å². The summed E-state index contributed by atoms with van der Waals surface area (Å²) in [5, 5.41) is 35.3. The molecule has 0 fully saturated rings. The lowest BCUT2D eigenvalue weighted by Gasteiger charge is -2.04. The molecule has 22 heavy (non-hydrogen) atoms. The Morgan fingerprint density at radius 2 is 1.59 bits per heavy atom. The van der Waals surface area contributed by atoms with Gasteiger partial charge in [0.05, 0.1) is 6.20 Å². The van der Waals surface area contributed by atoms with Crippen molar-refractivity contribution < 1.29 is 24.1 Å². The van der Waals surface area contributed by atoms with Crippen molar-refractivity contribution in [3.8, 4) is 34.2 Å². The van der Waals surface area contributed by atoms with Gasteiger partial charge in [-0.1, -0.05) is 5.21 Å². The van der Waals surface area contributed by atoms with Gasteiger partial charge in [0.1, 0.15) is 11.4 Å². The summed E-state index contributed by atoms with van der Waals surface area (Å²) in [5.74, 6) is -4.07. The average molecular weight is 305 g/mol. The van der Waals surface area contributed by atoms with Crippen LogP contribution in [0.25, 0.3) is 16.9 Å². The third kappa shape index (κ3) is 2.20. The van der Waals surface area contributed by atoms with Crippen LogP contribution in [0.1, 0.15) is 0 Å². The van der Waals surface area contributed by atoms with Gasteiger partial charge < -0.3 is 15.3 Å². The predicted molar refractivity (Wildman–Crippen MR) is 71.7 cm³/mol. The molecule has 0 spiro atoms. The Hall–Kier alpha value is -3.16. The van der Waals surface area contributed by atoms with Gasteiger partial charge in [-0.05, 0) is 30.3 Å². The van der Waals surface area contributed by atoms with Gasteiger partial charge in [-0.2, -0.15) is 4.39 Å². The van der Waals surface area contributed by atoms with Crippen molar-refractivity contribution in [2.75, 3.05) is 0 Å². The van der Waals surface area contributed by atoms with E-state index in [1.807, 2.05) is 0 Å². The standard InChI is InChI=1S/C14H9F2N3O3/c15-13-9(2-4-11(21)14(13)16)19-6-8(17-18-19)7-1-3-10(20)12(22)5-7/h1-6,20-22H. The van der Waals surface area contributed by atoms with E-state index in [9.17, 15) is 19.0 Å². The van der Waals surface area contributed by atoms with E-state index in [2.05, 4.69) is 10.3 Å². The topological polar surface area (TPSA) is 91.4 Å². The van der Waals surface area contributed by atoms with Crippen molar-refractivity contribution in [1.82, 2.24) is 15.0 Å². The summed E-state index contributed by atoms with van der Waals surface area (Å²) in [6, 6.07) is 6.17. The fraction of sp³-hybridized carbons (Fsp3) is 0. The van der Waals surface area contributed by atoms with Crippen LogP contribution in [-0.2, 0) is 0 Å². The molecule has 0 amide bonds. The number of rotatable bonds is 2. The fourth-order valence-corrected chi connectivity index (χ4v) is 1.90. The van der Waals surface area contributed by atoms with Crippen LogP contribution in [0.2, 0.25) is 0 Å². The molecular formula is C14H9F2N3O3. The molecule has 112 valence electrons. The molecule has 0 aliphatic carbocycles. The Morgan fingerprint density at radius 1 is 0.864 bits per heavy atom. The van der Waals surface area contributed by atoms with E-state index in [1.54, 1.807) is 0 Å². The Morgan fingerprint density at radius 3 is 2.32 bits per heavy atom. The largest absolute Gasteiger partial charge is 0.505 e. The minimum absolute atomic E-state index is 0.225. The lowest BCUT2D eigenvalue weighted by molar-refractivity contribution is 0.404. The summed E-state index contributed by atoms with van der Waals surface area (Å²) in [5.41, 5.74) is 0.487. The number of nitrogens with zero attached hydrogens (tertiary/aromatic N) is 3. The van der Waals surface area contributed by atoms with Gasteiger partial charge in [-0.15, -0.1) is 5.10 Å². The van der Waals surface area contributed by atoms with Crippen molar-refractivity contribution in [3.63, 3.8) is 0 Å². The van der Waals surface area contributed by atoms with Crippen LogP contribution in [0.15, 0.2) is 36.5 Å². The quantitative estimate of drug-likeness (QED) is 0.632. The number of phenols is 3. The lowest BCUT2D eigenvalue weighted by atomic mass is 10.1. The molecule has 8 heteroatoms. The first-order chi connectivity index (χ1) is 10.5. The number of hydrogen-bond acceptors (Lipinski definition) is 5. The minimum atomic E-state index is -1.38. The molecule has 0 saturated carbocycles. The smallest absolute Gasteiger partial charge is 0.202 e. The van der Waals surface area contributed by atoms with E-state index < -0.39 is 17.4 Å². The van der Waals surface area contributed by atoms with Gasteiger partial charge in [0, 0.05) is 5.56 Å². The summed E-state index contributed by atoms with van der Waals surface area (Å²) in [6.45, 7) is 0. The van der Waals surface area contributed by atoms with Gasteiger partial charge in [0.15, 0.2) is 23.1 Å². The number of benzene rings is 2. The molecule has 0 bridgehead atoms. The van der Waals surface area contributed by atoms with E-state index in [1.165, 1.54) is 24.4 Å². The summed E-state index contributed by atoms with van der Waals surface area (Å²) in [7, 11) is 0. The first-order valence-electron chi connectivity index (χ1n) is 6.09. The van der Waals surface area contributed by atoms with Crippen LogP contribution < -0.4 is 0 Å². The maximum absolute atomic E-state index is 13.8. The van der Waals surface area contributed by atoms with Crippen LogP contribution in [0.4, 0.5) is 8.78 Å². The molecule has 0 unspecified atom stereocenters. The first-order valence-corrected chi connectivity index (χ1v) is 6.09. The molecule has 0 atom stereocenters. The van der Waals surface area contributed by atoms with E-state index in [4.69, 9.17) is 5.11 Å². The van der Waals surface area contributed by atoms with Crippen LogP contribution in [0, 0.1) is 11.6 Å². The number of aromatic hydroxyl groups is 3. The average Bonchev–Trinajstić information content (AvgIpc) is 2.97. The van der Waals surface area contributed by atoms with E-state index in [-0.39, 0.29) is 22.9 Å². The molecule has 0 aliphatic rings. The summed E-state index contributed by atoms with van der Waals surface area (Å²) in [6.07, 6.45) is 1.32. The van der Waals surface area contributed by atoms with Gasteiger partial charge >= 0.3 is 0 Å². The second-order valence-electron chi connectivity index (χ2n) is 4.48. The first kappa shape index (κ1) is 13.8. The van der Waals surface area contributed by atoms with Crippen molar-refractivity contribution >= 4 is 0 Å². The summed E-state index contributed by atoms with van der Waals surface area (Å²) in [4.78, 5) is 0. The monoisotopic (exact) mass is 305 g/mol. The van der Waals surface area contributed by atoms with Crippen LogP contribution >= 0.6 is 0 Å². The fourth-order valence-electron chi connectivity index (χ4n) is 1.90. The molecule has 2 aromatic carbocycles. The highest BCUT2D eigenvalue weighted by Gasteiger charge is 2.16. The molecule has 6 nitrogen and oxygen atoms in total. The van der Waals surface area contributed by atoms with E-state index in [0.29, 0.717) is 5.56 Å². The zero-order chi connectivity index (χ0) is 15.9. The second kappa shape index (κ2) is 4.99. The van der Waals surface area contributed by atoms with E-state index >= 15 is 0 Å². The number of aromatic nitrogens is 3. The third-order valence-electron chi connectivity index (χ3n) is 3.05. The normalized spacial score (nSPS) is 10.8. The maximum atomic E-state index is 13.8. The zero-order valence-electron chi connectivity index (χ0n) is 10.9. The zero-order valence-corrected chi connectivity index (χ0v) is 10.9. The molecular weight excluding hydrogens is 296 g/mol. The molecule has 0 radical (unpaired) electrons. The Balaban J connectivity index is 2.04. The van der Waals surface area contributed by atoms with Crippen molar-refractivity contribution in [3.05, 3.63) is 48.2 Å². The third-order valence-corrected chi connectivity index (χ3v) is 3.05. The van der Waals surface area contributed by atoms with Crippen LogP contribution in [0.5, 0.6) is 17.2 Å². The van der Waals surface area contributed by atoms with Gasteiger partial charge in [0.25, 0.3) is 0 Å². The van der Waals surface area contributed by atoms with Crippen LogP contribution in [0.3, 0.4) is 0 Å².